The predicted molar refractivity (Wildman–Crippen MR) is 132 cm³/mol. The van der Waals surface area contributed by atoms with Crippen molar-refractivity contribution in [3.05, 3.63) is 84.4 Å². The lowest BCUT2D eigenvalue weighted by molar-refractivity contribution is 0.0217. The number of imidazole rings is 1. The number of amides is 1. The third-order valence-corrected chi connectivity index (χ3v) is 5.91. The van der Waals surface area contributed by atoms with Gasteiger partial charge in [-0.3, -0.25) is 9.47 Å². The first-order valence-electron chi connectivity index (χ1n) is 11.8. The number of para-hydroxylation sites is 2. The van der Waals surface area contributed by atoms with Crippen molar-refractivity contribution in [1.82, 2.24) is 14.5 Å². The van der Waals surface area contributed by atoms with E-state index < -0.39 is 5.60 Å². The molecule has 4 aromatic rings. The van der Waals surface area contributed by atoms with Gasteiger partial charge in [-0.2, -0.15) is 0 Å². The molecule has 2 heterocycles. The molecule has 6 nitrogen and oxygen atoms in total. The van der Waals surface area contributed by atoms with E-state index in [2.05, 4.69) is 4.57 Å². The summed E-state index contributed by atoms with van der Waals surface area (Å²) < 4.78 is 26.8. The van der Waals surface area contributed by atoms with Gasteiger partial charge < -0.3 is 9.47 Å². The summed E-state index contributed by atoms with van der Waals surface area (Å²) in [5.74, 6) is 1.70. The Morgan fingerprint density at radius 2 is 1.63 bits per heavy atom. The summed E-state index contributed by atoms with van der Waals surface area (Å²) in [6, 6.07) is 21.4. The summed E-state index contributed by atoms with van der Waals surface area (Å²) in [6.45, 7) is 6.26. The number of halogens is 1. The summed E-state index contributed by atoms with van der Waals surface area (Å²) in [4.78, 5) is 19.7. The van der Waals surface area contributed by atoms with E-state index >= 15 is 0 Å². The summed E-state index contributed by atoms with van der Waals surface area (Å²) in [6.07, 6.45) is 1.38. The second-order valence-corrected chi connectivity index (χ2v) is 9.68. The summed E-state index contributed by atoms with van der Waals surface area (Å²) >= 11 is 0. The van der Waals surface area contributed by atoms with E-state index in [4.69, 9.17) is 14.5 Å². The van der Waals surface area contributed by atoms with Gasteiger partial charge in [0.1, 0.15) is 28.7 Å². The van der Waals surface area contributed by atoms with E-state index in [0.717, 1.165) is 35.4 Å². The van der Waals surface area contributed by atoms with E-state index in [0.29, 0.717) is 18.0 Å². The van der Waals surface area contributed by atoms with Crippen LogP contribution in [0.2, 0.25) is 0 Å². The molecule has 0 spiro atoms. The Labute approximate surface area is 203 Å². The van der Waals surface area contributed by atoms with Crippen LogP contribution < -0.4 is 4.74 Å². The van der Waals surface area contributed by atoms with Crippen molar-refractivity contribution in [3.63, 3.8) is 0 Å². The van der Waals surface area contributed by atoms with Gasteiger partial charge in [-0.1, -0.05) is 12.1 Å². The second-order valence-electron chi connectivity index (χ2n) is 9.68. The molecule has 5 rings (SSSR count). The molecule has 3 aromatic carbocycles. The number of hydrogen-bond acceptors (Lipinski definition) is 4. The first kappa shape index (κ1) is 22.9. The van der Waals surface area contributed by atoms with E-state index in [1.807, 2.05) is 69.3 Å². The highest BCUT2D eigenvalue weighted by molar-refractivity contribution is 5.79. The van der Waals surface area contributed by atoms with Crippen LogP contribution in [0.5, 0.6) is 11.5 Å². The first-order chi connectivity index (χ1) is 16.8. The van der Waals surface area contributed by atoms with Crippen LogP contribution in [0, 0.1) is 5.82 Å². The highest BCUT2D eigenvalue weighted by Gasteiger charge is 2.36. The van der Waals surface area contributed by atoms with Gasteiger partial charge in [-0.25, -0.2) is 14.2 Å². The highest BCUT2D eigenvalue weighted by atomic mass is 19.1. The fraction of sp³-hybridized carbons (Fsp3) is 0.286. The number of fused-ring (bicyclic) bond motifs is 1. The average Bonchev–Trinajstić information content (AvgIpc) is 3.45. The van der Waals surface area contributed by atoms with Gasteiger partial charge in [0.05, 0.1) is 17.1 Å². The Hall–Kier alpha value is -3.87. The Morgan fingerprint density at radius 1 is 0.971 bits per heavy atom. The van der Waals surface area contributed by atoms with Crippen molar-refractivity contribution in [3.8, 4) is 17.2 Å². The van der Waals surface area contributed by atoms with Gasteiger partial charge in [0.15, 0.2) is 0 Å². The summed E-state index contributed by atoms with van der Waals surface area (Å²) in [7, 11) is 0. The first-order valence-corrected chi connectivity index (χ1v) is 11.8. The fourth-order valence-electron chi connectivity index (χ4n) is 4.42. The minimum Gasteiger partial charge on any atom is -0.457 e. The largest absolute Gasteiger partial charge is 0.457 e. The predicted octanol–water partition coefficient (Wildman–Crippen LogP) is 7.03. The number of ether oxygens (including phenoxy) is 2. The zero-order chi connectivity index (χ0) is 24.6. The van der Waals surface area contributed by atoms with E-state index in [-0.39, 0.29) is 18.0 Å². The van der Waals surface area contributed by atoms with Crippen LogP contribution in [0.3, 0.4) is 0 Å². The number of rotatable bonds is 4. The topological polar surface area (TPSA) is 56.6 Å². The highest BCUT2D eigenvalue weighted by Crippen LogP contribution is 2.36. The molecule has 0 N–H and O–H groups in total. The van der Waals surface area contributed by atoms with Gasteiger partial charge in [0.2, 0.25) is 0 Å². The lowest BCUT2D eigenvalue weighted by Gasteiger charge is -2.28. The van der Waals surface area contributed by atoms with E-state index in [1.54, 1.807) is 17.0 Å². The van der Waals surface area contributed by atoms with Crippen molar-refractivity contribution in [2.24, 2.45) is 0 Å². The van der Waals surface area contributed by atoms with Crippen molar-refractivity contribution in [1.29, 1.82) is 0 Å². The van der Waals surface area contributed by atoms with Crippen LogP contribution in [-0.4, -0.2) is 32.7 Å². The zero-order valence-electron chi connectivity index (χ0n) is 20.1. The molecular formula is C28H28FN3O3. The second kappa shape index (κ2) is 9.06. The Kier molecular flexibility index (Phi) is 5.93. The molecule has 1 aliphatic rings. The maximum atomic E-state index is 13.2. The van der Waals surface area contributed by atoms with Crippen molar-refractivity contribution < 1.29 is 18.7 Å². The lowest BCUT2D eigenvalue weighted by atomic mass is 10.2. The normalized spacial score (nSPS) is 16.0. The quantitative estimate of drug-likeness (QED) is 0.319. The van der Waals surface area contributed by atoms with E-state index in [9.17, 15) is 9.18 Å². The summed E-state index contributed by atoms with van der Waals surface area (Å²) in [5, 5.41) is 0. The number of aromatic nitrogens is 2. The molecule has 7 heteroatoms. The van der Waals surface area contributed by atoms with Crippen LogP contribution in [0.4, 0.5) is 9.18 Å². The monoisotopic (exact) mass is 473 g/mol. The SMILES string of the molecule is CC(C)(C)OC(=O)N1CCC[C@H]1c1nc2ccccc2n1-c1ccc(Oc2ccc(F)cc2)cc1. The number of likely N-dealkylation sites (tertiary alicyclic amines) is 1. The van der Waals surface area contributed by atoms with Crippen LogP contribution >= 0.6 is 0 Å². The molecular weight excluding hydrogens is 445 g/mol. The van der Waals surface area contributed by atoms with Gasteiger partial charge in [0, 0.05) is 12.2 Å². The minimum absolute atomic E-state index is 0.188. The maximum Gasteiger partial charge on any atom is 0.410 e. The van der Waals surface area contributed by atoms with Crippen molar-refractivity contribution in [2.45, 2.75) is 45.3 Å². The lowest BCUT2D eigenvalue weighted by Crippen LogP contribution is -2.37. The molecule has 35 heavy (non-hydrogen) atoms. The zero-order valence-corrected chi connectivity index (χ0v) is 20.1. The van der Waals surface area contributed by atoms with Crippen LogP contribution in [-0.2, 0) is 4.74 Å². The average molecular weight is 474 g/mol. The molecule has 1 aliphatic heterocycles. The third-order valence-electron chi connectivity index (χ3n) is 5.91. The number of carbonyl (C=O) groups excluding carboxylic acids is 1. The standard InChI is InChI=1S/C28H28FN3O3/c1-28(2,3)35-27(33)31-18-6-9-25(31)26-30-23-7-4-5-8-24(23)32(26)20-12-16-22(17-13-20)34-21-14-10-19(29)11-15-21/h4-5,7-8,10-17,25H,6,9,18H2,1-3H3/t25-/m0/s1. The molecule has 1 aromatic heterocycles. The Bertz CT molecular complexity index is 1340. The number of benzene rings is 3. The molecule has 0 bridgehead atoms. The smallest absolute Gasteiger partial charge is 0.410 e. The Balaban J connectivity index is 1.50. The molecule has 1 amide bonds. The molecule has 0 radical (unpaired) electrons. The molecule has 0 saturated carbocycles. The Morgan fingerprint density at radius 3 is 2.31 bits per heavy atom. The number of hydrogen-bond donors (Lipinski definition) is 0. The molecule has 1 saturated heterocycles. The number of nitrogens with zero attached hydrogens (tertiary/aromatic N) is 3. The molecule has 1 fully saturated rings. The van der Waals surface area contributed by atoms with Gasteiger partial charge in [-0.15, -0.1) is 0 Å². The van der Waals surface area contributed by atoms with Crippen molar-refractivity contribution >= 4 is 17.1 Å². The molecule has 0 aliphatic carbocycles. The molecule has 180 valence electrons. The van der Waals surface area contributed by atoms with Crippen molar-refractivity contribution in [2.75, 3.05) is 6.54 Å². The van der Waals surface area contributed by atoms with Crippen LogP contribution in [0.1, 0.15) is 45.5 Å². The fourth-order valence-corrected chi connectivity index (χ4v) is 4.42. The third kappa shape index (κ3) is 4.85. The maximum absolute atomic E-state index is 13.2. The van der Waals surface area contributed by atoms with E-state index in [1.165, 1.54) is 12.1 Å². The summed E-state index contributed by atoms with van der Waals surface area (Å²) in [5.41, 5.74) is 2.18. The molecule has 1 atom stereocenters. The van der Waals surface area contributed by atoms with Gasteiger partial charge in [0.25, 0.3) is 0 Å². The van der Waals surface area contributed by atoms with Crippen LogP contribution in [0.25, 0.3) is 16.7 Å². The van der Waals surface area contributed by atoms with Gasteiger partial charge >= 0.3 is 6.09 Å². The molecule has 0 unspecified atom stereocenters. The van der Waals surface area contributed by atoms with Gasteiger partial charge in [-0.05, 0) is 94.3 Å². The minimum atomic E-state index is -0.565. The number of carbonyl (C=O) groups is 1. The van der Waals surface area contributed by atoms with Crippen LogP contribution in [0.15, 0.2) is 72.8 Å².